The van der Waals surface area contributed by atoms with E-state index in [1.807, 2.05) is 13.8 Å². The van der Waals surface area contributed by atoms with Crippen LogP contribution in [0.3, 0.4) is 0 Å². The molecule has 2 heterocycles. The summed E-state index contributed by atoms with van der Waals surface area (Å²) in [5, 5.41) is 0. The molecule has 61 heavy (non-hydrogen) atoms. The van der Waals surface area contributed by atoms with Gasteiger partial charge in [-0.15, -0.1) is 0 Å². The van der Waals surface area contributed by atoms with Crippen LogP contribution in [0.1, 0.15) is 48.2 Å². The fourth-order valence-corrected chi connectivity index (χ4v) is 9.77. The average molecular weight is 794 g/mol. The molecule has 0 saturated carbocycles. The number of hydrogen-bond donors (Lipinski definition) is 0. The Kier molecular flexibility index (Phi) is 11.7. The van der Waals surface area contributed by atoms with Crippen LogP contribution in [0.2, 0.25) is 0 Å². The first-order valence-electron chi connectivity index (χ1n) is 21.6. The van der Waals surface area contributed by atoms with E-state index >= 15 is 0 Å². The van der Waals surface area contributed by atoms with Crippen molar-refractivity contribution < 1.29 is 14.0 Å². The van der Waals surface area contributed by atoms with Crippen molar-refractivity contribution in [1.82, 2.24) is 0 Å². The normalized spacial score (nSPS) is 17.9. The summed E-state index contributed by atoms with van der Waals surface area (Å²) in [6, 6.07) is 82.6. The van der Waals surface area contributed by atoms with Gasteiger partial charge in [-0.3, -0.25) is 0 Å². The van der Waals surface area contributed by atoms with Gasteiger partial charge in [-0.2, -0.15) is 21.9 Å². The van der Waals surface area contributed by atoms with Gasteiger partial charge in [0.2, 0.25) is 6.04 Å². The van der Waals surface area contributed by atoms with Crippen molar-refractivity contribution in [2.75, 3.05) is 6.61 Å². The maximum Gasteiger partial charge on any atom is 0.206 e. The third-order valence-corrected chi connectivity index (χ3v) is 12.6. The highest BCUT2D eigenvalue weighted by atomic mass is 16.7. The summed E-state index contributed by atoms with van der Waals surface area (Å²) in [6.45, 7) is 4.60. The Morgan fingerprint density at radius 1 is 0.492 bits per heavy atom. The molecule has 0 spiro atoms. The van der Waals surface area contributed by atoms with E-state index in [4.69, 9.17) is 9.47 Å². The minimum Gasteiger partial charge on any atom is -0.343 e. The van der Waals surface area contributed by atoms with E-state index < -0.39 is 11.9 Å². The van der Waals surface area contributed by atoms with Gasteiger partial charge in [-0.05, 0) is 42.2 Å². The van der Waals surface area contributed by atoms with Crippen LogP contribution in [-0.4, -0.2) is 35.4 Å². The van der Waals surface area contributed by atoms with Crippen LogP contribution < -0.4 is 21.9 Å². The molecule has 0 aromatic heterocycles. The lowest BCUT2D eigenvalue weighted by molar-refractivity contribution is -0.629. The molecule has 8 aromatic carbocycles. The lowest BCUT2D eigenvalue weighted by atomic mass is 9.13. The van der Waals surface area contributed by atoms with Crippen LogP contribution in [0, 0.1) is 0 Å². The second kappa shape index (κ2) is 18.0. The molecule has 0 radical (unpaired) electrons. The molecule has 3 nitrogen and oxygen atoms in total. The summed E-state index contributed by atoms with van der Waals surface area (Å²) in [6.07, 6.45) is 1.90. The SMILES string of the molecule is CC1(C)OC[C@H]([N+]2=Cc3ccccc3-c3ccccc3[C@H]2Cc2ccccc2)[C@H](c2ccccc2)O1.c1ccc([B-](c2ccccc2)(c2ccccc2)c2ccccc2)cc1. The van der Waals surface area contributed by atoms with Crippen LogP contribution in [-0.2, 0) is 15.9 Å². The Morgan fingerprint density at radius 3 is 1.44 bits per heavy atom. The standard InChI is InChI=1S/C33H32NO2.C24H20B/c1-33(2)35-23-31(32(36-33)25-15-7-4-8-16-25)34-22-26-17-9-10-18-27(26)28-19-11-12-20-29(28)30(34)21-24-13-5-3-6-14-24;1-5-13-21(14-6-1)25(22-15-7-2-8-16-22,23-17-9-3-10-18-23)24-19-11-4-12-20-24/h3-20,22,30-32H,21,23H2,1-2H3;1-20H/q+1;-1/t30-,31+,32+;/m1./s1. The summed E-state index contributed by atoms with van der Waals surface area (Å²) >= 11 is 0. The molecular formula is C57H52BNO2. The highest BCUT2D eigenvalue weighted by Gasteiger charge is 2.47. The first-order valence-corrected chi connectivity index (χ1v) is 21.6. The van der Waals surface area contributed by atoms with E-state index in [0.29, 0.717) is 6.61 Å². The second-order valence-corrected chi connectivity index (χ2v) is 16.7. The average Bonchev–Trinajstić information content (AvgIpc) is 3.46. The van der Waals surface area contributed by atoms with Crippen molar-refractivity contribution in [3.05, 3.63) is 253 Å². The van der Waals surface area contributed by atoms with Crippen molar-refractivity contribution in [2.24, 2.45) is 0 Å². The molecule has 2 aliphatic heterocycles. The Hall–Kier alpha value is -6.59. The van der Waals surface area contributed by atoms with E-state index in [1.54, 1.807) is 0 Å². The zero-order valence-corrected chi connectivity index (χ0v) is 35.0. The summed E-state index contributed by atoms with van der Waals surface area (Å²) in [4.78, 5) is 0. The largest absolute Gasteiger partial charge is 0.343 e. The minimum atomic E-state index is -1.22. The highest BCUT2D eigenvalue weighted by Crippen LogP contribution is 2.41. The van der Waals surface area contributed by atoms with E-state index in [9.17, 15) is 0 Å². The maximum atomic E-state index is 6.66. The summed E-state index contributed by atoms with van der Waals surface area (Å²) < 4.78 is 15.5. The number of hydrogen-bond acceptors (Lipinski definition) is 2. The van der Waals surface area contributed by atoms with Crippen LogP contribution in [0.5, 0.6) is 0 Å². The molecule has 0 aliphatic carbocycles. The fourth-order valence-electron chi connectivity index (χ4n) is 9.77. The Morgan fingerprint density at radius 2 is 0.918 bits per heavy atom. The number of fused-ring (bicyclic) bond motifs is 3. The molecule has 0 N–H and O–H groups in total. The molecule has 3 atom stereocenters. The molecule has 0 amide bonds. The highest BCUT2D eigenvalue weighted by molar-refractivity contribution is 7.19. The lowest BCUT2D eigenvalue weighted by Gasteiger charge is -2.44. The topological polar surface area (TPSA) is 21.5 Å². The zero-order valence-electron chi connectivity index (χ0n) is 35.0. The molecule has 1 saturated heterocycles. The van der Waals surface area contributed by atoms with Gasteiger partial charge >= 0.3 is 0 Å². The molecule has 4 heteroatoms. The molecule has 10 rings (SSSR count). The van der Waals surface area contributed by atoms with E-state index in [1.165, 1.54) is 55.2 Å². The van der Waals surface area contributed by atoms with Crippen molar-refractivity contribution in [3.63, 3.8) is 0 Å². The summed E-state index contributed by atoms with van der Waals surface area (Å²) in [7, 11) is 0. The van der Waals surface area contributed by atoms with Crippen LogP contribution in [0.4, 0.5) is 0 Å². The predicted octanol–water partition coefficient (Wildman–Crippen LogP) is 10.0. The van der Waals surface area contributed by atoms with Gasteiger partial charge in [0.05, 0.1) is 0 Å². The van der Waals surface area contributed by atoms with Crippen molar-refractivity contribution >= 4 is 34.2 Å². The van der Waals surface area contributed by atoms with E-state index in [2.05, 4.69) is 241 Å². The number of nitrogens with zero attached hydrogens (tertiary/aromatic N) is 1. The first kappa shape index (κ1) is 39.9. The van der Waals surface area contributed by atoms with Gasteiger partial charge in [0.1, 0.15) is 18.9 Å². The number of rotatable bonds is 8. The van der Waals surface area contributed by atoms with Crippen molar-refractivity contribution in [1.29, 1.82) is 0 Å². The predicted molar refractivity (Wildman–Crippen MR) is 254 cm³/mol. The number of benzene rings is 8. The Bertz CT molecular complexity index is 2510. The molecule has 0 bridgehead atoms. The Labute approximate surface area is 361 Å². The van der Waals surface area contributed by atoms with Gasteiger partial charge in [0, 0.05) is 17.5 Å². The minimum absolute atomic E-state index is 0.00773. The Balaban J connectivity index is 0.000000167. The molecule has 8 aromatic rings. The van der Waals surface area contributed by atoms with Crippen molar-refractivity contribution in [3.8, 4) is 11.1 Å². The van der Waals surface area contributed by atoms with Crippen LogP contribution in [0.25, 0.3) is 11.1 Å². The molecule has 300 valence electrons. The molecule has 1 fully saturated rings. The van der Waals surface area contributed by atoms with E-state index in [-0.39, 0.29) is 18.2 Å². The van der Waals surface area contributed by atoms with Crippen molar-refractivity contribution in [2.45, 2.75) is 44.2 Å². The monoisotopic (exact) mass is 793 g/mol. The van der Waals surface area contributed by atoms with Gasteiger partial charge in [-0.25, -0.2) is 4.58 Å². The first-order chi connectivity index (χ1) is 30.0. The van der Waals surface area contributed by atoms with Gasteiger partial charge in [0.25, 0.3) is 0 Å². The van der Waals surface area contributed by atoms with Gasteiger partial charge in [0.15, 0.2) is 18.0 Å². The second-order valence-electron chi connectivity index (χ2n) is 16.7. The summed E-state index contributed by atoms with van der Waals surface area (Å²) in [5.74, 6) is -0.645. The molecule has 2 aliphatic rings. The van der Waals surface area contributed by atoms with Gasteiger partial charge < -0.3 is 9.47 Å². The summed E-state index contributed by atoms with van der Waals surface area (Å²) in [5.41, 5.74) is 13.0. The fraction of sp³-hybridized carbons (Fsp3) is 0.140. The smallest absolute Gasteiger partial charge is 0.206 e. The van der Waals surface area contributed by atoms with Crippen LogP contribution in [0.15, 0.2) is 231 Å². The van der Waals surface area contributed by atoms with E-state index in [0.717, 1.165) is 6.42 Å². The zero-order chi connectivity index (χ0) is 41.5. The van der Waals surface area contributed by atoms with Gasteiger partial charge in [-0.1, -0.05) is 224 Å². The third kappa shape index (κ3) is 8.30. The molecule has 0 unspecified atom stereocenters. The third-order valence-electron chi connectivity index (χ3n) is 12.6. The quantitative estimate of drug-likeness (QED) is 0.113. The lowest BCUT2D eigenvalue weighted by Crippen LogP contribution is -2.74. The number of ether oxygens (including phenoxy) is 2. The molecular weight excluding hydrogens is 741 g/mol. The van der Waals surface area contributed by atoms with Crippen LogP contribution >= 0.6 is 0 Å². The maximum absolute atomic E-state index is 6.66.